The fraction of sp³-hybridized carbons (Fsp3) is 0.625. The van der Waals surface area contributed by atoms with E-state index in [1.165, 1.54) is 14.2 Å². The molecule has 4 fully saturated rings. The van der Waals surface area contributed by atoms with Crippen molar-refractivity contribution in [3.63, 3.8) is 0 Å². The molecule has 0 amide bonds. The molecule has 0 radical (unpaired) electrons. The van der Waals surface area contributed by atoms with Gasteiger partial charge >= 0.3 is 11.9 Å². The second-order valence-corrected chi connectivity index (χ2v) is 20.3. The van der Waals surface area contributed by atoms with Crippen LogP contribution < -0.4 is 0 Å². The molecular formula is C56H76O19. The second-order valence-electron chi connectivity index (χ2n) is 20.3. The third-order valence-corrected chi connectivity index (χ3v) is 13.0. The van der Waals surface area contributed by atoms with Gasteiger partial charge in [0.1, 0.15) is 55.4 Å². The summed E-state index contributed by atoms with van der Waals surface area (Å²) in [5.41, 5.74) is 1.03. The minimum atomic E-state index is -1.39. The van der Waals surface area contributed by atoms with E-state index >= 15 is 0 Å². The number of benzene rings is 3. The summed E-state index contributed by atoms with van der Waals surface area (Å²) >= 11 is 0. The van der Waals surface area contributed by atoms with Crippen molar-refractivity contribution in [2.24, 2.45) is 0 Å². The lowest BCUT2D eigenvalue weighted by atomic mass is 9.98. The van der Waals surface area contributed by atoms with Crippen molar-refractivity contribution in [1.82, 2.24) is 0 Å². The maximum Gasteiger partial charge on any atom is 0.338 e. The Balaban J connectivity index is 1.27. The molecule has 0 N–H and O–H groups in total. The quantitative estimate of drug-likeness (QED) is 0.0338. The van der Waals surface area contributed by atoms with Crippen molar-refractivity contribution in [2.45, 2.75) is 179 Å². The lowest BCUT2D eigenvalue weighted by Crippen LogP contribution is -2.62. The normalized spacial score (nSPS) is 28.6. The van der Waals surface area contributed by atoms with Gasteiger partial charge in [0.05, 0.1) is 37.1 Å². The molecule has 3 aromatic rings. The molecule has 5 unspecified atom stereocenters. The van der Waals surface area contributed by atoms with E-state index in [1.54, 1.807) is 140 Å². The van der Waals surface area contributed by atoms with Gasteiger partial charge < -0.3 is 75.8 Å². The van der Waals surface area contributed by atoms with Gasteiger partial charge in [-0.1, -0.05) is 80.1 Å². The van der Waals surface area contributed by atoms with Crippen LogP contribution in [0.1, 0.15) is 106 Å². The van der Waals surface area contributed by atoms with Gasteiger partial charge in [-0.05, 0) is 86.1 Å². The van der Waals surface area contributed by atoms with Gasteiger partial charge in [-0.25, -0.2) is 9.59 Å². The largest absolute Gasteiger partial charge is 0.452 e. The number of hydrogen-bond donors (Lipinski definition) is 0. The van der Waals surface area contributed by atoms with Crippen molar-refractivity contribution in [3.05, 3.63) is 108 Å². The first-order valence-electron chi connectivity index (χ1n) is 25.8. The molecule has 0 aliphatic carbocycles. The molecule has 4 saturated heterocycles. The van der Waals surface area contributed by atoms with Gasteiger partial charge in [-0.2, -0.15) is 0 Å². The third kappa shape index (κ3) is 15.7. The average molecular weight is 1050 g/mol. The Morgan fingerprint density at radius 3 is 1.72 bits per heavy atom. The number of methoxy groups -OCH3 is 2. The maximum atomic E-state index is 14.1. The Morgan fingerprint density at radius 2 is 1.19 bits per heavy atom. The van der Waals surface area contributed by atoms with E-state index in [0.717, 1.165) is 6.42 Å². The van der Waals surface area contributed by atoms with Crippen molar-refractivity contribution >= 4 is 17.7 Å². The summed E-state index contributed by atoms with van der Waals surface area (Å²) < 4.78 is 103. The molecule has 0 aromatic heterocycles. The Morgan fingerprint density at radius 1 is 0.653 bits per heavy atom. The van der Waals surface area contributed by atoms with Gasteiger partial charge in [0.2, 0.25) is 0 Å². The number of ketones is 1. The van der Waals surface area contributed by atoms with Gasteiger partial charge in [-0.3, -0.25) is 4.79 Å². The van der Waals surface area contributed by atoms with E-state index in [9.17, 15) is 14.4 Å². The van der Waals surface area contributed by atoms with Gasteiger partial charge in [0, 0.05) is 26.4 Å². The Hall–Kier alpha value is -4.29. The van der Waals surface area contributed by atoms with Gasteiger partial charge in [-0.15, -0.1) is 0 Å². The highest BCUT2D eigenvalue weighted by Crippen LogP contribution is 2.40. The van der Waals surface area contributed by atoms with E-state index in [-0.39, 0.29) is 49.9 Å². The first kappa shape index (κ1) is 58.4. The van der Waals surface area contributed by atoms with Crippen LogP contribution in [0.4, 0.5) is 0 Å². The number of carbonyl (C=O) groups is 3. The monoisotopic (exact) mass is 1050 g/mol. The number of Topliss-reactive ketones (excluding diaryl/α,β-unsaturated/α-hetero) is 1. The predicted molar refractivity (Wildman–Crippen MR) is 267 cm³/mol. The smallest absolute Gasteiger partial charge is 0.338 e. The number of esters is 2. The molecule has 19 nitrogen and oxygen atoms in total. The van der Waals surface area contributed by atoms with Gasteiger partial charge in [0.25, 0.3) is 0 Å². The van der Waals surface area contributed by atoms with Crippen LogP contribution >= 0.6 is 0 Å². The summed E-state index contributed by atoms with van der Waals surface area (Å²) in [7, 11) is 2.99. The highest BCUT2D eigenvalue weighted by atomic mass is 16.8. The summed E-state index contributed by atoms with van der Waals surface area (Å²) in [6, 6.07) is 25.8. The third-order valence-electron chi connectivity index (χ3n) is 13.0. The number of rotatable bonds is 26. The van der Waals surface area contributed by atoms with Crippen LogP contribution in [0.5, 0.6) is 0 Å². The fourth-order valence-corrected chi connectivity index (χ4v) is 9.32. The van der Waals surface area contributed by atoms with Crippen LogP contribution in [0.2, 0.25) is 0 Å². The highest BCUT2D eigenvalue weighted by molar-refractivity contribution is 5.97. The summed E-state index contributed by atoms with van der Waals surface area (Å²) in [5.74, 6) is -4.76. The molecule has 0 spiro atoms. The van der Waals surface area contributed by atoms with Crippen molar-refractivity contribution in [1.29, 1.82) is 0 Å². The zero-order chi connectivity index (χ0) is 53.9. The van der Waals surface area contributed by atoms with E-state index in [4.69, 9.17) is 75.8 Å². The van der Waals surface area contributed by atoms with Crippen LogP contribution in [-0.2, 0) is 75.8 Å². The van der Waals surface area contributed by atoms with Crippen LogP contribution in [0.3, 0.4) is 0 Å². The second kappa shape index (κ2) is 26.4. The molecule has 75 heavy (non-hydrogen) atoms. The highest BCUT2D eigenvalue weighted by Gasteiger charge is 2.56. The minimum absolute atomic E-state index is 0.0767. The molecule has 0 saturated carbocycles. The first-order valence-corrected chi connectivity index (χ1v) is 25.8. The topological polar surface area (TPSA) is 199 Å². The molecule has 3 aromatic carbocycles. The summed E-state index contributed by atoms with van der Waals surface area (Å²) in [4.78, 5) is 41.2. The summed E-state index contributed by atoms with van der Waals surface area (Å²) in [5, 5.41) is 0. The first-order chi connectivity index (χ1) is 35.8. The van der Waals surface area contributed by atoms with Crippen LogP contribution in [0.25, 0.3) is 0 Å². The zero-order valence-corrected chi connectivity index (χ0v) is 44.9. The average Bonchev–Trinajstić information content (AvgIpc) is 4.06. The maximum absolute atomic E-state index is 14.1. The number of unbranched alkanes of at least 4 members (excludes halogenated alkanes) is 1. The molecule has 13 atom stereocenters. The molecule has 4 aliphatic heterocycles. The number of hydrogen-bond acceptors (Lipinski definition) is 19. The minimum Gasteiger partial charge on any atom is -0.452 e. The van der Waals surface area contributed by atoms with Crippen molar-refractivity contribution in [3.8, 4) is 0 Å². The number of ether oxygens (including phenoxy) is 16. The Labute approximate surface area is 440 Å². The molecule has 19 heteroatoms. The lowest BCUT2D eigenvalue weighted by Gasteiger charge is -2.45. The van der Waals surface area contributed by atoms with E-state index in [0.29, 0.717) is 12.0 Å². The SMILES string of the molecule is CCCCO[C@H]1C(OC(=O)c2ccccc2)[C@H](OC(=O)c2ccccc2)C(C)O[C@H]1O[C@@H](C)[C@@H](OC(COCC(=O)c1ccccc1)[C@H]1COC(C)(C)O1)O[C@H](C1COC(C)(C)O1)C1OC(C)(C)O[C@@H]1C(OC)OC. The summed E-state index contributed by atoms with van der Waals surface area (Å²) in [6.07, 6.45) is -13.2. The molecule has 414 valence electrons. The standard InChI is InChI=1S/C56H76O19/c1-12-13-29-63-47-45(70-50(59)38-27-21-16-22-28-38)43(69-49(58)37-25-19-15-20-26-37)34(2)66-53(47)67-35(3)51(68-40(41-32-64-54(4,5)72-41)31-62-30-39(57)36-23-17-14-18-24-36)71-44(42-33-65-55(6,7)73-42)46-48(52(60-10)61-11)75-56(8,9)74-46/h14-28,34-35,40-48,51-53H,12-13,29-33H2,1-11H3/t34?,35-,40?,41+,42?,43+,44+,45?,46?,47-,48-,51-,53-/m0/s1. The molecular weight excluding hydrogens is 977 g/mol. The predicted octanol–water partition coefficient (Wildman–Crippen LogP) is 7.21. The van der Waals surface area contributed by atoms with E-state index < -0.39 is 115 Å². The molecule has 7 rings (SSSR count). The number of carbonyl (C=O) groups excluding carboxylic acids is 3. The van der Waals surface area contributed by atoms with Crippen LogP contribution in [0.15, 0.2) is 91.0 Å². The van der Waals surface area contributed by atoms with Crippen LogP contribution in [0, 0.1) is 0 Å². The molecule has 4 aliphatic rings. The Bertz CT molecular complexity index is 2240. The van der Waals surface area contributed by atoms with E-state index in [2.05, 4.69) is 0 Å². The molecule has 4 heterocycles. The van der Waals surface area contributed by atoms with E-state index in [1.807, 2.05) is 13.0 Å². The van der Waals surface area contributed by atoms with Crippen molar-refractivity contribution < 1.29 is 90.2 Å². The van der Waals surface area contributed by atoms with Crippen molar-refractivity contribution in [2.75, 3.05) is 47.3 Å². The van der Waals surface area contributed by atoms with Gasteiger partial charge in [0.15, 0.2) is 54.2 Å². The van der Waals surface area contributed by atoms with Crippen LogP contribution in [-0.4, -0.2) is 168 Å². The Kier molecular flexibility index (Phi) is 20.5. The molecule has 0 bridgehead atoms. The fourth-order valence-electron chi connectivity index (χ4n) is 9.32. The lowest BCUT2D eigenvalue weighted by molar-refractivity contribution is -0.344. The zero-order valence-electron chi connectivity index (χ0n) is 44.9. The summed E-state index contributed by atoms with van der Waals surface area (Å²) in [6.45, 7) is 16.1.